The maximum atomic E-state index is 13.8. The summed E-state index contributed by atoms with van der Waals surface area (Å²) in [6, 6.07) is 5.08. The van der Waals surface area contributed by atoms with E-state index in [2.05, 4.69) is 4.90 Å². The van der Waals surface area contributed by atoms with Crippen molar-refractivity contribution >= 4 is 5.69 Å². The Kier molecular flexibility index (Phi) is 2.47. The molecule has 0 spiro atoms. The van der Waals surface area contributed by atoms with Crippen LogP contribution in [0, 0.1) is 11.7 Å². The van der Waals surface area contributed by atoms with Gasteiger partial charge in [-0.2, -0.15) is 0 Å². The van der Waals surface area contributed by atoms with Crippen molar-refractivity contribution in [1.29, 1.82) is 0 Å². The van der Waals surface area contributed by atoms with E-state index in [9.17, 15) is 9.50 Å². The fourth-order valence-corrected chi connectivity index (χ4v) is 3.06. The summed E-state index contributed by atoms with van der Waals surface area (Å²) in [4.78, 5) is 2.06. The van der Waals surface area contributed by atoms with Crippen molar-refractivity contribution in [3.8, 4) is 5.75 Å². The monoisotopic (exact) mass is 237 g/mol. The molecule has 1 saturated carbocycles. The summed E-state index contributed by atoms with van der Waals surface area (Å²) in [6.07, 6.45) is 1.52. The van der Waals surface area contributed by atoms with Crippen LogP contribution in [0.2, 0.25) is 0 Å². The van der Waals surface area contributed by atoms with E-state index in [0.29, 0.717) is 17.4 Å². The molecular formula is C13H16FNO2. The van der Waals surface area contributed by atoms with E-state index in [1.54, 1.807) is 19.2 Å². The number of nitrogens with zero attached hydrogens (tertiary/aromatic N) is 1. The molecule has 0 amide bonds. The Morgan fingerprint density at radius 3 is 2.82 bits per heavy atom. The van der Waals surface area contributed by atoms with Gasteiger partial charge in [0, 0.05) is 24.6 Å². The summed E-state index contributed by atoms with van der Waals surface area (Å²) in [6.45, 7) is 0.746. The highest BCUT2D eigenvalue weighted by molar-refractivity contribution is 5.54. The van der Waals surface area contributed by atoms with Gasteiger partial charge in [-0.25, -0.2) is 4.39 Å². The molecule has 1 unspecified atom stereocenters. The third-order valence-electron chi connectivity index (χ3n) is 3.97. The van der Waals surface area contributed by atoms with Gasteiger partial charge in [-0.1, -0.05) is 0 Å². The molecule has 4 heteroatoms. The second kappa shape index (κ2) is 3.88. The van der Waals surface area contributed by atoms with Crippen LogP contribution in [0.1, 0.15) is 12.8 Å². The fourth-order valence-electron chi connectivity index (χ4n) is 3.06. The van der Waals surface area contributed by atoms with Crippen LogP contribution in [-0.4, -0.2) is 30.9 Å². The molecule has 0 radical (unpaired) electrons. The number of fused-ring (bicyclic) bond motifs is 2. The molecule has 17 heavy (non-hydrogen) atoms. The van der Waals surface area contributed by atoms with Gasteiger partial charge in [0.25, 0.3) is 0 Å². The molecule has 2 fully saturated rings. The normalized spacial score (nSPS) is 31.0. The van der Waals surface area contributed by atoms with Crippen LogP contribution in [0.4, 0.5) is 10.1 Å². The zero-order chi connectivity index (χ0) is 12.0. The first-order valence-electron chi connectivity index (χ1n) is 5.97. The summed E-state index contributed by atoms with van der Waals surface area (Å²) in [5.41, 5.74) is 0.601. The van der Waals surface area contributed by atoms with Gasteiger partial charge in [0.05, 0.1) is 18.9 Å². The van der Waals surface area contributed by atoms with Crippen LogP contribution in [0.15, 0.2) is 18.2 Å². The van der Waals surface area contributed by atoms with Crippen molar-refractivity contribution in [1.82, 2.24) is 0 Å². The Morgan fingerprint density at radius 1 is 1.41 bits per heavy atom. The molecular weight excluding hydrogens is 221 g/mol. The van der Waals surface area contributed by atoms with Gasteiger partial charge >= 0.3 is 0 Å². The fraction of sp³-hybridized carbons (Fsp3) is 0.538. The Bertz CT molecular complexity index is 435. The minimum Gasteiger partial charge on any atom is -0.497 e. The van der Waals surface area contributed by atoms with Gasteiger partial charge in [0.15, 0.2) is 0 Å². The van der Waals surface area contributed by atoms with Gasteiger partial charge < -0.3 is 14.7 Å². The average molecular weight is 237 g/mol. The van der Waals surface area contributed by atoms with E-state index in [1.165, 1.54) is 6.07 Å². The van der Waals surface area contributed by atoms with Gasteiger partial charge in [-0.05, 0) is 25.0 Å². The zero-order valence-corrected chi connectivity index (χ0v) is 9.77. The lowest BCUT2D eigenvalue weighted by molar-refractivity contribution is 0.127. The number of piperidine rings is 1. The molecule has 1 heterocycles. The topological polar surface area (TPSA) is 32.7 Å². The molecule has 1 aliphatic heterocycles. The molecule has 2 aliphatic rings. The lowest BCUT2D eigenvalue weighted by Crippen LogP contribution is -2.37. The Hall–Kier alpha value is -1.29. The first-order chi connectivity index (χ1) is 8.19. The van der Waals surface area contributed by atoms with Crippen LogP contribution < -0.4 is 9.64 Å². The third-order valence-corrected chi connectivity index (χ3v) is 3.97. The van der Waals surface area contributed by atoms with E-state index in [0.717, 1.165) is 19.4 Å². The summed E-state index contributed by atoms with van der Waals surface area (Å²) in [7, 11) is 1.58. The molecule has 0 aromatic heterocycles. The molecule has 2 bridgehead atoms. The second-order valence-corrected chi connectivity index (χ2v) is 4.92. The van der Waals surface area contributed by atoms with E-state index < -0.39 is 0 Å². The maximum absolute atomic E-state index is 13.8. The number of benzene rings is 1. The predicted octanol–water partition coefficient (Wildman–Crippen LogP) is 1.79. The number of hydrogen-bond acceptors (Lipinski definition) is 3. The molecule has 1 aromatic rings. The number of aliphatic hydroxyl groups is 1. The minimum absolute atomic E-state index is 0.204. The van der Waals surface area contributed by atoms with Gasteiger partial charge in [0.2, 0.25) is 0 Å². The van der Waals surface area contributed by atoms with Crippen LogP contribution >= 0.6 is 0 Å². The molecule has 1 N–H and O–H groups in total. The summed E-state index contributed by atoms with van der Waals surface area (Å²) in [5, 5.41) is 9.71. The standard InChI is InChI=1S/C13H16FNO2/c1-17-10-2-3-11(14)12(6-10)15-7-8-4-9(15)5-13(8)16/h2-3,6,8-9,13,16H,4-5,7H2,1H3/t8-,9-,13?/m1/s1. The van der Waals surface area contributed by atoms with Gasteiger partial charge in [-0.3, -0.25) is 0 Å². The Morgan fingerprint density at radius 2 is 2.24 bits per heavy atom. The van der Waals surface area contributed by atoms with Gasteiger partial charge in [0.1, 0.15) is 11.6 Å². The van der Waals surface area contributed by atoms with E-state index in [-0.39, 0.29) is 18.0 Å². The highest BCUT2D eigenvalue weighted by Crippen LogP contribution is 2.41. The van der Waals surface area contributed by atoms with Crippen molar-refractivity contribution < 1.29 is 14.2 Å². The summed E-state index contributed by atoms with van der Waals surface area (Å²) in [5.74, 6) is 0.753. The lowest BCUT2D eigenvalue weighted by atomic mass is 10.1. The first-order valence-corrected chi connectivity index (χ1v) is 5.97. The smallest absolute Gasteiger partial charge is 0.146 e. The number of aliphatic hydroxyl groups excluding tert-OH is 1. The van der Waals surface area contributed by atoms with Crippen LogP contribution in [0.3, 0.4) is 0 Å². The lowest BCUT2D eigenvalue weighted by Gasteiger charge is -2.31. The number of methoxy groups -OCH3 is 1. The average Bonchev–Trinajstić information content (AvgIpc) is 2.88. The predicted molar refractivity (Wildman–Crippen MR) is 62.8 cm³/mol. The number of anilines is 1. The van der Waals surface area contributed by atoms with Crippen LogP contribution in [-0.2, 0) is 0 Å². The second-order valence-electron chi connectivity index (χ2n) is 4.92. The molecule has 3 rings (SSSR count). The highest BCUT2D eigenvalue weighted by atomic mass is 19.1. The largest absolute Gasteiger partial charge is 0.497 e. The Labute approximate surface area is 99.8 Å². The first kappa shape index (κ1) is 10.8. The summed E-state index contributed by atoms with van der Waals surface area (Å²) >= 11 is 0. The number of rotatable bonds is 2. The third kappa shape index (κ3) is 1.67. The zero-order valence-electron chi connectivity index (χ0n) is 9.77. The van der Waals surface area contributed by atoms with Crippen molar-refractivity contribution in [2.24, 2.45) is 5.92 Å². The maximum Gasteiger partial charge on any atom is 0.146 e. The van der Waals surface area contributed by atoms with Crippen molar-refractivity contribution in [3.05, 3.63) is 24.0 Å². The number of ether oxygens (including phenoxy) is 1. The minimum atomic E-state index is -0.215. The number of halogens is 1. The molecule has 3 atom stereocenters. The van der Waals surface area contributed by atoms with Gasteiger partial charge in [-0.15, -0.1) is 0 Å². The molecule has 1 saturated heterocycles. The molecule has 3 nitrogen and oxygen atoms in total. The van der Waals surface area contributed by atoms with E-state index >= 15 is 0 Å². The molecule has 92 valence electrons. The molecule has 1 aromatic carbocycles. The number of hydrogen-bond donors (Lipinski definition) is 1. The summed E-state index contributed by atoms with van der Waals surface area (Å²) < 4.78 is 18.9. The van der Waals surface area contributed by atoms with Crippen molar-refractivity contribution in [2.75, 3.05) is 18.6 Å². The van der Waals surface area contributed by atoms with Crippen LogP contribution in [0.25, 0.3) is 0 Å². The SMILES string of the molecule is COc1ccc(F)c(N2C[C@H]3C[C@@H]2CC3O)c1. The Balaban J connectivity index is 1.90. The quantitative estimate of drug-likeness (QED) is 0.851. The van der Waals surface area contributed by atoms with Crippen LogP contribution in [0.5, 0.6) is 5.75 Å². The van der Waals surface area contributed by atoms with E-state index in [4.69, 9.17) is 4.74 Å². The molecule has 1 aliphatic carbocycles. The van der Waals surface area contributed by atoms with E-state index in [1.807, 2.05) is 0 Å². The van der Waals surface area contributed by atoms with Crippen molar-refractivity contribution in [2.45, 2.75) is 25.0 Å². The highest BCUT2D eigenvalue weighted by Gasteiger charge is 2.44. The van der Waals surface area contributed by atoms with Crippen molar-refractivity contribution in [3.63, 3.8) is 0 Å².